The summed E-state index contributed by atoms with van der Waals surface area (Å²) in [7, 11) is 3.04. The van der Waals surface area contributed by atoms with E-state index in [1.165, 1.54) is 4.49 Å². The first-order valence-corrected chi connectivity index (χ1v) is 6.05. The van der Waals surface area contributed by atoms with E-state index >= 15 is 0 Å². The molecule has 0 bridgehead atoms. The van der Waals surface area contributed by atoms with Crippen molar-refractivity contribution in [1.82, 2.24) is 0 Å². The molecular weight excluding hydrogens is 191 g/mol. The van der Waals surface area contributed by atoms with Crippen molar-refractivity contribution >= 4 is 30.3 Å². The Kier molecular flexibility index (Phi) is 3.94. The predicted molar refractivity (Wildman–Crippen MR) is 42.9 cm³/mol. The average molecular weight is 203 g/mol. The maximum absolute atomic E-state index is 5.03. The molecule has 0 aliphatic rings. The third kappa shape index (κ3) is 3.34. The molecule has 0 aliphatic heterocycles. The first-order chi connectivity index (χ1) is 4.02. The van der Waals surface area contributed by atoms with Crippen LogP contribution in [0.5, 0.6) is 0 Å². The van der Waals surface area contributed by atoms with Gasteiger partial charge in [0.25, 0.3) is 0 Å². The number of hydrogen-bond donors (Lipinski definition) is 0. The van der Waals surface area contributed by atoms with Crippen LogP contribution in [-0.2, 0) is 4.43 Å². The molecule has 0 aliphatic carbocycles. The molecule has 1 nitrogen and oxygen atoms in total. The van der Waals surface area contributed by atoms with Crippen molar-refractivity contribution < 1.29 is 4.43 Å². The van der Waals surface area contributed by atoms with E-state index in [0.717, 1.165) is 0 Å². The van der Waals surface area contributed by atoms with E-state index in [1.807, 2.05) is 0 Å². The molecule has 0 N–H and O–H groups in total. The average Bonchev–Trinajstić information content (AvgIpc) is 1.65. The van der Waals surface area contributed by atoms with Gasteiger partial charge in [0.1, 0.15) is 0 Å². The Balaban J connectivity index is 4.14. The van der Waals surface area contributed by atoms with Crippen LogP contribution in [0.3, 0.4) is 0 Å². The SMILES string of the molecule is C[As]=C(O[Si])C(C)(C)C. The summed E-state index contributed by atoms with van der Waals surface area (Å²) in [6, 6.07) is 0. The van der Waals surface area contributed by atoms with Crippen molar-refractivity contribution in [2.24, 2.45) is 5.41 Å². The van der Waals surface area contributed by atoms with Crippen molar-refractivity contribution in [3.63, 3.8) is 0 Å². The number of hydrogen-bond acceptors (Lipinski definition) is 1. The van der Waals surface area contributed by atoms with E-state index in [4.69, 9.17) is 4.43 Å². The molecular formula is C6H12AsOSi. The number of rotatable bonds is 1. The Morgan fingerprint density at radius 3 is 1.89 bits per heavy atom. The van der Waals surface area contributed by atoms with Gasteiger partial charge in [0, 0.05) is 0 Å². The third-order valence-corrected chi connectivity index (χ3v) is 3.97. The van der Waals surface area contributed by atoms with E-state index < -0.39 is 0 Å². The molecule has 0 saturated carbocycles. The molecule has 0 rings (SSSR count). The Bertz CT molecular complexity index is 115. The van der Waals surface area contributed by atoms with Crippen LogP contribution in [-0.4, -0.2) is 30.3 Å². The molecule has 0 aromatic heterocycles. The van der Waals surface area contributed by atoms with Crippen molar-refractivity contribution in [1.29, 1.82) is 0 Å². The van der Waals surface area contributed by atoms with Crippen LogP contribution in [0.2, 0.25) is 5.71 Å². The third-order valence-electron chi connectivity index (χ3n) is 0.941. The van der Waals surface area contributed by atoms with Gasteiger partial charge in [-0.25, -0.2) is 0 Å². The molecule has 0 atom stereocenters. The van der Waals surface area contributed by atoms with Crippen LogP contribution < -0.4 is 0 Å². The van der Waals surface area contributed by atoms with Crippen LogP contribution in [0.15, 0.2) is 0 Å². The summed E-state index contributed by atoms with van der Waals surface area (Å²) < 4.78 is 6.20. The monoisotopic (exact) mass is 203 g/mol. The van der Waals surface area contributed by atoms with E-state index in [-0.39, 0.29) is 20.7 Å². The Morgan fingerprint density at radius 2 is 1.89 bits per heavy atom. The van der Waals surface area contributed by atoms with E-state index in [2.05, 4.69) is 37.0 Å². The molecule has 0 aromatic rings. The van der Waals surface area contributed by atoms with Gasteiger partial charge in [0.2, 0.25) is 0 Å². The van der Waals surface area contributed by atoms with E-state index in [9.17, 15) is 0 Å². The zero-order chi connectivity index (χ0) is 7.49. The quantitative estimate of drug-likeness (QED) is 0.578. The minimum atomic E-state index is 0.205. The molecule has 0 saturated heterocycles. The summed E-state index contributed by atoms with van der Waals surface area (Å²) in [5, 5.41) is 0. The zero-order valence-corrected chi connectivity index (χ0v) is 9.23. The van der Waals surface area contributed by atoms with E-state index in [0.29, 0.717) is 0 Å². The summed E-state index contributed by atoms with van der Waals surface area (Å²) in [5.74, 6) is 0. The second-order valence-corrected chi connectivity index (χ2v) is 4.88. The van der Waals surface area contributed by atoms with Crippen molar-refractivity contribution in [3.8, 4) is 0 Å². The Morgan fingerprint density at radius 1 is 1.44 bits per heavy atom. The Labute approximate surface area is 66.9 Å². The van der Waals surface area contributed by atoms with Gasteiger partial charge in [-0.1, -0.05) is 0 Å². The second kappa shape index (κ2) is 3.70. The normalized spacial score (nSPS) is 14.1. The van der Waals surface area contributed by atoms with Crippen molar-refractivity contribution in [2.75, 3.05) is 0 Å². The van der Waals surface area contributed by atoms with Gasteiger partial charge < -0.3 is 0 Å². The van der Waals surface area contributed by atoms with Crippen LogP contribution in [0.4, 0.5) is 0 Å². The van der Waals surface area contributed by atoms with Crippen molar-refractivity contribution in [2.45, 2.75) is 26.5 Å². The molecule has 0 heterocycles. The molecule has 3 radical (unpaired) electrons. The second-order valence-electron chi connectivity index (χ2n) is 2.88. The fourth-order valence-corrected chi connectivity index (χ4v) is 2.91. The summed E-state index contributed by atoms with van der Waals surface area (Å²) in [6.07, 6.45) is 0. The zero-order valence-electron chi connectivity index (χ0n) is 6.36. The van der Waals surface area contributed by atoms with Crippen LogP contribution in [0.25, 0.3) is 0 Å². The van der Waals surface area contributed by atoms with Crippen LogP contribution in [0.1, 0.15) is 20.8 Å². The van der Waals surface area contributed by atoms with Gasteiger partial charge in [-0.3, -0.25) is 0 Å². The molecule has 0 unspecified atom stereocenters. The van der Waals surface area contributed by atoms with Crippen molar-refractivity contribution in [3.05, 3.63) is 0 Å². The van der Waals surface area contributed by atoms with Crippen LogP contribution >= 0.6 is 0 Å². The fraction of sp³-hybridized carbons (Fsp3) is 0.833. The molecule has 0 spiro atoms. The Hall–Kier alpha value is 0.605. The first-order valence-electron chi connectivity index (χ1n) is 2.83. The topological polar surface area (TPSA) is 9.23 Å². The van der Waals surface area contributed by atoms with Crippen LogP contribution in [0, 0.1) is 5.41 Å². The van der Waals surface area contributed by atoms with Gasteiger partial charge in [-0.2, -0.15) is 0 Å². The van der Waals surface area contributed by atoms with Gasteiger partial charge in [-0.15, -0.1) is 0 Å². The standard InChI is InChI=1S/C6H12AsOSi/c1-6(2,3)5(7-4)8-9/h1-4H3. The van der Waals surface area contributed by atoms with Gasteiger partial charge >= 0.3 is 66.6 Å². The summed E-state index contributed by atoms with van der Waals surface area (Å²) in [5.41, 5.74) is 2.38. The molecule has 51 valence electrons. The van der Waals surface area contributed by atoms with Gasteiger partial charge in [0.05, 0.1) is 0 Å². The molecule has 0 fully saturated rings. The fourth-order valence-electron chi connectivity index (χ4n) is 0.534. The molecule has 9 heavy (non-hydrogen) atoms. The maximum atomic E-state index is 5.03. The summed E-state index contributed by atoms with van der Waals surface area (Å²) in [6.45, 7) is 6.46. The minimum absolute atomic E-state index is 0.205. The summed E-state index contributed by atoms with van der Waals surface area (Å²) >= 11 is 0.226. The molecule has 3 heteroatoms. The molecule has 0 amide bonds. The first kappa shape index (κ1) is 9.61. The van der Waals surface area contributed by atoms with Gasteiger partial charge in [0.15, 0.2) is 0 Å². The predicted octanol–water partition coefficient (Wildman–Crippen LogP) is 1.01. The summed E-state index contributed by atoms with van der Waals surface area (Å²) in [4.78, 5) is 0. The van der Waals surface area contributed by atoms with Gasteiger partial charge in [-0.05, 0) is 0 Å². The molecule has 0 aromatic carbocycles. The van der Waals surface area contributed by atoms with E-state index in [1.54, 1.807) is 0 Å².